The van der Waals surface area contributed by atoms with Crippen LogP contribution in [0.2, 0.25) is 0 Å². The molecule has 17 heavy (non-hydrogen) atoms. The topological polar surface area (TPSA) is 87.6 Å². The number of oxime groups is 1. The zero-order chi connectivity index (χ0) is 12.4. The largest absolute Gasteiger partial charge is 0.409 e. The fourth-order valence-electron chi connectivity index (χ4n) is 1.90. The van der Waals surface area contributed by atoms with Crippen LogP contribution in [0.25, 0.3) is 0 Å². The predicted octanol–water partition coefficient (Wildman–Crippen LogP) is 0.806. The van der Waals surface area contributed by atoms with Gasteiger partial charge < -0.3 is 15.8 Å². The molecule has 2 rings (SSSR count). The first kappa shape index (κ1) is 11.6. The van der Waals surface area contributed by atoms with Gasteiger partial charge in [-0.2, -0.15) is 0 Å². The predicted molar refractivity (Wildman–Crippen MR) is 65.1 cm³/mol. The highest BCUT2D eigenvalue weighted by Crippen LogP contribution is 2.36. The van der Waals surface area contributed by atoms with Crippen LogP contribution in [0.3, 0.4) is 0 Å². The molecule has 3 N–H and O–H groups in total. The fraction of sp³-hybridized carbons (Fsp3) is 0.545. The van der Waals surface area contributed by atoms with Crippen LogP contribution >= 0.6 is 0 Å². The van der Waals surface area contributed by atoms with Gasteiger partial charge in [0.2, 0.25) is 0 Å². The molecule has 92 valence electrons. The van der Waals surface area contributed by atoms with Crippen molar-refractivity contribution >= 4 is 11.7 Å². The van der Waals surface area contributed by atoms with E-state index in [4.69, 9.17) is 10.9 Å². The number of nitrogens with zero attached hydrogens (tertiary/aromatic N) is 4. The lowest BCUT2D eigenvalue weighted by atomic mass is 10.2. The first-order valence-electron chi connectivity index (χ1n) is 5.67. The highest BCUT2D eigenvalue weighted by atomic mass is 16.4. The number of amidine groups is 1. The summed E-state index contributed by atoms with van der Waals surface area (Å²) in [5, 5.41) is 11.7. The van der Waals surface area contributed by atoms with E-state index in [-0.39, 0.29) is 5.84 Å². The van der Waals surface area contributed by atoms with Crippen LogP contribution in [0, 0.1) is 5.92 Å². The SMILES string of the molecule is CC(C1CC1)N(C)c1nccnc1C(N)=NO. The van der Waals surface area contributed by atoms with E-state index in [0.29, 0.717) is 23.5 Å². The van der Waals surface area contributed by atoms with E-state index >= 15 is 0 Å². The number of hydrogen-bond acceptors (Lipinski definition) is 5. The van der Waals surface area contributed by atoms with E-state index < -0.39 is 0 Å². The van der Waals surface area contributed by atoms with Crippen molar-refractivity contribution < 1.29 is 5.21 Å². The summed E-state index contributed by atoms with van der Waals surface area (Å²) >= 11 is 0. The Balaban J connectivity index is 2.30. The molecule has 1 unspecified atom stereocenters. The second-order valence-corrected chi connectivity index (χ2v) is 4.40. The highest BCUT2D eigenvalue weighted by Gasteiger charge is 2.32. The van der Waals surface area contributed by atoms with Crippen LogP contribution in [-0.4, -0.2) is 34.1 Å². The van der Waals surface area contributed by atoms with E-state index in [1.807, 2.05) is 11.9 Å². The zero-order valence-corrected chi connectivity index (χ0v) is 10.0. The van der Waals surface area contributed by atoms with Crippen molar-refractivity contribution in [2.75, 3.05) is 11.9 Å². The Morgan fingerprint density at radius 1 is 1.53 bits per heavy atom. The third-order valence-corrected chi connectivity index (χ3v) is 3.28. The number of hydrogen-bond donors (Lipinski definition) is 2. The standard InChI is InChI=1S/C11H17N5O/c1-7(8-3-4-8)16(2)11-9(10(12)15-17)13-5-6-14-11/h5-8,17H,3-4H2,1-2H3,(H2,12,15). The van der Waals surface area contributed by atoms with E-state index in [1.54, 1.807) is 6.20 Å². The maximum absolute atomic E-state index is 8.73. The number of aromatic nitrogens is 2. The van der Waals surface area contributed by atoms with E-state index in [2.05, 4.69) is 22.0 Å². The molecule has 1 saturated carbocycles. The van der Waals surface area contributed by atoms with Gasteiger partial charge in [-0.05, 0) is 25.7 Å². The summed E-state index contributed by atoms with van der Waals surface area (Å²) < 4.78 is 0. The normalized spacial score (nSPS) is 17.9. The molecule has 0 saturated heterocycles. The minimum Gasteiger partial charge on any atom is -0.409 e. The quantitative estimate of drug-likeness (QED) is 0.349. The summed E-state index contributed by atoms with van der Waals surface area (Å²) in [6.45, 7) is 2.16. The molecule has 0 aromatic carbocycles. The molecule has 1 aliphatic rings. The molecule has 1 atom stereocenters. The van der Waals surface area contributed by atoms with Crippen molar-refractivity contribution in [2.45, 2.75) is 25.8 Å². The first-order chi connectivity index (χ1) is 8.15. The summed E-state index contributed by atoms with van der Waals surface area (Å²) in [6.07, 6.45) is 5.65. The van der Waals surface area contributed by atoms with Gasteiger partial charge in [0.1, 0.15) is 0 Å². The van der Waals surface area contributed by atoms with Crippen molar-refractivity contribution in [1.29, 1.82) is 0 Å². The molecule has 6 heteroatoms. The molecule has 0 amide bonds. The van der Waals surface area contributed by atoms with Crippen molar-refractivity contribution in [3.63, 3.8) is 0 Å². The molecule has 0 bridgehead atoms. The molecule has 1 aromatic heterocycles. The molecule has 0 spiro atoms. The van der Waals surface area contributed by atoms with E-state index in [9.17, 15) is 0 Å². The molecule has 0 radical (unpaired) electrons. The Morgan fingerprint density at radius 3 is 2.76 bits per heavy atom. The van der Waals surface area contributed by atoms with Crippen molar-refractivity contribution in [3.8, 4) is 0 Å². The first-order valence-corrected chi connectivity index (χ1v) is 5.67. The molecular weight excluding hydrogens is 218 g/mol. The number of rotatable bonds is 4. The van der Waals surface area contributed by atoms with Crippen LogP contribution < -0.4 is 10.6 Å². The second kappa shape index (κ2) is 4.57. The van der Waals surface area contributed by atoms with Gasteiger partial charge in [-0.3, -0.25) is 0 Å². The fourth-order valence-corrected chi connectivity index (χ4v) is 1.90. The van der Waals surface area contributed by atoms with Crippen molar-refractivity contribution in [3.05, 3.63) is 18.1 Å². The molecule has 1 fully saturated rings. The van der Waals surface area contributed by atoms with Crippen LogP contribution in [0.5, 0.6) is 0 Å². The van der Waals surface area contributed by atoms with E-state index in [1.165, 1.54) is 19.0 Å². The summed E-state index contributed by atoms with van der Waals surface area (Å²) in [4.78, 5) is 10.4. The van der Waals surface area contributed by atoms with Gasteiger partial charge in [-0.1, -0.05) is 5.16 Å². The average molecular weight is 235 g/mol. The number of nitrogens with two attached hydrogens (primary N) is 1. The van der Waals surface area contributed by atoms with Crippen LogP contribution in [0.15, 0.2) is 17.5 Å². The minimum atomic E-state index is -0.0112. The molecule has 6 nitrogen and oxygen atoms in total. The highest BCUT2D eigenvalue weighted by molar-refractivity contribution is 5.99. The Hall–Kier alpha value is -1.85. The molecular formula is C11H17N5O. The molecule has 1 aliphatic carbocycles. The van der Waals surface area contributed by atoms with Gasteiger partial charge in [-0.25, -0.2) is 9.97 Å². The maximum Gasteiger partial charge on any atom is 0.192 e. The molecule has 0 aliphatic heterocycles. The van der Waals surface area contributed by atoms with Gasteiger partial charge in [0, 0.05) is 25.5 Å². The summed E-state index contributed by atoms with van der Waals surface area (Å²) in [5.74, 6) is 1.35. The Kier molecular flexibility index (Phi) is 3.12. The lowest BCUT2D eigenvalue weighted by Gasteiger charge is -2.26. The molecule has 1 heterocycles. The monoisotopic (exact) mass is 235 g/mol. The van der Waals surface area contributed by atoms with Gasteiger partial charge in [0.15, 0.2) is 17.3 Å². The Bertz CT molecular complexity index is 430. The molecule has 1 aromatic rings. The zero-order valence-electron chi connectivity index (χ0n) is 10.0. The maximum atomic E-state index is 8.73. The summed E-state index contributed by atoms with van der Waals surface area (Å²) in [7, 11) is 1.96. The smallest absolute Gasteiger partial charge is 0.192 e. The Labute approximate surface area is 100 Å². The van der Waals surface area contributed by atoms with E-state index in [0.717, 1.165) is 0 Å². The van der Waals surface area contributed by atoms with Gasteiger partial charge >= 0.3 is 0 Å². The van der Waals surface area contributed by atoms with Crippen LogP contribution in [-0.2, 0) is 0 Å². The third kappa shape index (κ3) is 2.30. The van der Waals surface area contributed by atoms with Crippen LogP contribution in [0.4, 0.5) is 5.82 Å². The van der Waals surface area contributed by atoms with Gasteiger partial charge in [-0.15, -0.1) is 0 Å². The van der Waals surface area contributed by atoms with Crippen molar-refractivity contribution in [1.82, 2.24) is 9.97 Å². The number of anilines is 1. The summed E-state index contributed by atoms with van der Waals surface area (Å²) in [5.41, 5.74) is 6.02. The summed E-state index contributed by atoms with van der Waals surface area (Å²) in [6, 6.07) is 0.386. The lowest BCUT2D eigenvalue weighted by Crippen LogP contribution is -2.34. The van der Waals surface area contributed by atoms with Gasteiger partial charge in [0.25, 0.3) is 0 Å². The van der Waals surface area contributed by atoms with Crippen molar-refractivity contribution in [2.24, 2.45) is 16.8 Å². The third-order valence-electron chi connectivity index (χ3n) is 3.28. The Morgan fingerprint density at radius 2 is 2.18 bits per heavy atom. The lowest BCUT2D eigenvalue weighted by molar-refractivity contribution is 0.318. The average Bonchev–Trinajstić information content (AvgIpc) is 3.20. The van der Waals surface area contributed by atoms with Gasteiger partial charge in [0.05, 0.1) is 0 Å². The minimum absolute atomic E-state index is 0.0112. The second-order valence-electron chi connectivity index (χ2n) is 4.40. The van der Waals surface area contributed by atoms with Crippen LogP contribution in [0.1, 0.15) is 25.5 Å².